The first-order chi connectivity index (χ1) is 12.1. The average molecular weight is 355 g/mol. The van der Waals surface area contributed by atoms with Gasteiger partial charge in [-0.15, -0.1) is 0 Å². The van der Waals surface area contributed by atoms with Gasteiger partial charge in [0.15, 0.2) is 0 Å². The minimum atomic E-state index is -0.498. The number of nitrogens with zero attached hydrogens (tertiary/aromatic N) is 2. The van der Waals surface area contributed by atoms with E-state index in [0.717, 1.165) is 29.8 Å². The van der Waals surface area contributed by atoms with Crippen LogP contribution in [0.5, 0.6) is 5.88 Å². The summed E-state index contributed by atoms with van der Waals surface area (Å²) in [5.74, 6) is -0.112. The van der Waals surface area contributed by atoms with Crippen LogP contribution in [0.1, 0.15) is 35.0 Å². The third kappa shape index (κ3) is 3.91. The van der Waals surface area contributed by atoms with E-state index in [9.17, 15) is 4.79 Å². The normalized spacial score (nSPS) is 10.7. The van der Waals surface area contributed by atoms with Gasteiger partial charge in [0.25, 0.3) is 0 Å². The summed E-state index contributed by atoms with van der Waals surface area (Å²) in [5.41, 5.74) is 3.21. The molecule has 1 heterocycles. The minimum absolute atomic E-state index is 0.331. The second-order valence-corrected chi connectivity index (χ2v) is 6.25. The molecule has 1 aromatic heterocycles. The van der Waals surface area contributed by atoms with Crippen molar-refractivity contribution in [3.05, 3.63) is 76.4 Å². The van der Waals surface area contributed by atoms with Crippen molar-refractivity contribution < 1.29 is 9.53 Å². The highest BCUT2D eigenvalue weighted by molar-refractivity contribution is 6.33. The molecule has 0 aliphatic heterocycles. The molecule has 0 N–H and O–H groups in total. The average Bonchev–Trinajstić information content (AvgIpc) is 2.98. The zero-order valence-electron chi connectivity index (χ0n) is 14.2. The van der Waals surface area contributed by atoms with Crippen LogP contribution in [0.4, 0.5) is 0 Å². The third-order valence-corrected chi connectivity index (χ3v) is 4.13. The lowest BCUT2D eigenvalue weighted by molar-refractivity contribution is 0.0723. The van der Waals surface area contributed by atoms with Crippen LogP contribution in [0.3, 0.4) is 0 Å². The molecule has 3 aromatic rings. The van der Waals surface area contributed by atoms with E-state index in [1.54, 1.807) is 35.0 Å². The van der Waals surface area contributed by atoms with E-state index in [2.05, 4.69) is 12.0 Å². The SMILES string of the molecule is CCCc1cc(OC(=O)c2ccccc2Cl)n(-c2ccc(C)cc2)n1. The standard InChI is InChI=1S/C20H19ClN2O2/c1-3-6-15-13-19(23(22-15)16-11-9-14(2)10-12-16)25-20(24)17-7-4-5-8-18(17)21/h4-5,7-13H,3,6H2,1-2H3. The molecule has 4 nitrogen and oxygen atoms in total. The van der Waals surface area contributed by atoms with Crippen LogP contribution in [0.25, 0.3) is 5.69 Å². The van der Waals surface area contributed by atoms with Crippen molar-refractivity contribution in [3.8, 4) is 11.6 Å². The lowest BCUT2D eigenvalue weighted by Crippen LogP contribution is -2.12. The van der Waals surface area contributed by atoms with Gasteiger partial charge in [-0.05, 0) is 37.6 Å². The quantitative estimate of drug-likeness (QED) is 0.605. The molecule has 5 heteroatoms. The summed E-state index contributed by atoms with van der Waals surface area (Å²) in [5, 5.41) is 4.94. The first-order valence-corrected chi connectivity index (χ1v) is 8.59. The van der Waals surface area contributed by atoms with Crippen molar-refractivity contribution in [2.24, 2.45) is 0 Å². The topological polar surface area (TPSA) is 44.1 Å². The number of aromatic nitrogens is 2. The number of hydrogen-bond donors (Lipinski definition) is 0. The van der Waals surface area contributed by atoms with E-state index in [4.69, 9.17) is 16.3 Å². The summed E-state index contributed by atoms with van der Waals surface area (Å²) in [6, 6.07) is 16.5. The molecular weight excluding hydrogens is 336 g/mol. The number of halogens is 1. The van der Waals surface area contributed by atoms with Gasteiger partial charge in [0.2, 0.25) is 5.88 Å². The number of rotatable bonds is 5. The summed E-state index contributed by atoms with van der Waals surface area (Å²) in [7, 11) is 0. The molecule has 0 spiro atoms. The van der Waals surface area contributed by atoms with E-state index >= 15 is 0 Å². The zero-order chi connectivity index (χ0) is 17.8. The van der Waals surface area contributed by atoms with E-state index < -0.39 is 5.97 Å². The lowest BCUT2D eigenvalue weighted by atomic mass is 10.2. The van der Waals surface area contributed by atoms with Gasteiger partial charge in [-0.25, -0.2) is 9.48 Å². The molecule has 0 aliphatic carbocycles. The highest BCUT2D eigenvalue weighted by atomic mass is 35.5. The maximum Gasteiger partial charge on any atom is 0.346 e. The predicted molar refractivity (Wildman–Crippen MR) is 98.7 cm³/mol. The van der Waals surface area contributed by atoms with Crippen LogP contribution >= 0.6 is 11.6 Å². The van der Waals surface area contributed by atoms with Gasteiger partial charge in [-0.2, -0.15) is 5.10 Å². The number of benzene rings is 2. The molecule has 25 heavy (non-hydrogen) atoms. The fourth-order valence-electron chi connectivity index (χ4n) is 2.51. The van der Waals surface area contributed by atoms with Crippen molar-refractivity contribution in [1.29, 1.82) is 0 Å². The Morgan fingerprint density at radius 1 is 1.16 bits per heavy atom. The van der Waals surface area contributed by atoms with Crippen LogP contribution in [-0.2, 0) is 6.42 Å². The number of carbonyl (C=O) groups is 1. The summed E-state index contributed by atoms with van der Waals surface area (Å²) in [4.78, 5) is 12.5. The Balaban J connectivity index is 1.95. The number of hydrogen-bond acceptors (Lipinski definition) is 3. The summed E-state index contributed by atoms with van der Waals surface area (Å²) < 4.78 is 7.25. The first-order valence-electron chi connectivity index (χ1n) is 8.21. The summed E-state index contributed by atoms with van der Waals surface area (Å²) >= 11 is 6.09. The van der Waals surface area contributed by atoms with Gasteiger partial charge in [0.1, 0.15) is 0 Å². The first kappa shape index (κ1) is 17.2. The molecule has 0 unspecified atom stereocenters. The van der Waals surface area contributed by atoms with Crippen molar-refractivity contribution in [3.63, 3.8) is 0 Å². The molecule has 2 aromatic carbocycles. The molecule has 0 saturated heterocycles. The van der Waals surface area contributed by atoms with Gasteiger partial charge in [0.05, 0.1) is 22.0 Å². The molecule has 3 rings (SSSR count). The van der Waals surface area contributed by atoms with Gasteiger partial charge < -0.3 is 4.74 Å². The smallest absolute Gasteiger partial charge is 0.346 e. The van der Waals surface area contributed by atoms with E-state index in [-0.39, 0.29) is 0 Å². The Hall–Kier alpha value is -2.59. The largest absolute Gasteiger partial charge is 0.404 e. The maximum absolute atomic E-state index is 12.5. The second kappa shape index (κ2) is 7.53. The number of aryl methyl sites for hydroxylation is 2. The number of esters is 1. The summed E-state index contributed by atoms with van der Waals surface area (Å²) in [6.07, 6.45) is 1.78. The van der Waals surface area contributed by atoms with E-state index in [0.29, 0.717) is 16.5 Å². The van der Waals surface area contributed by atoms with Gasteiger partial charge in [-0.3, -0.25) is 0 Å². The number of carbonyl (C=O) groups excluding carboxylic acids is 1. The van der Waals surface area contributed by atoms with Crippen molar-refractivity contribution >= 4 is 17.6 Å². The Kier molecular flexibility index (Phi) is 5.19. The second-order valence-electron chi connectivity index (χ2n) is 5.84. The molecule has 0 radical (unpaired) electrons. The predicted octanol–water partition coefficient (Wildman–Crippen LogP) is 5.01. The fourth-order valence-corrected chi connectivity index (χ4v) is 2.72. The minimum Gasteiger partial charge on any atom is -0.404 e. The van der Waals surface area contributed by atoms with Crippen molar-refractivity contribution in [1.82, 2.24) is 9.78 Å². The van der Waals surface area contributed by atoms with Crippen LogP contribution in [0.2, 0.25) is 5.02 Å². The summed E-state index contributed by atoms with van der Waals surface area (Å²) in [6.45, 7) is 4.11. The van der Waals surface area contributed by atoms with Gasteiger partial charge in [0, 0.05) is 6.07 Å². The Morgan fingerprint density at radius 3 is 2.56 bits per heavy atom. The highest BCUT2D eigenvalue weighted by Crippen LogP contribution is 2.23. The molecule has 0 amide bonds. The highest BCUT2D eigenvalue weighted by Gasteiger charge is 2.17. The fraction of sp³-hybridized carbons (Fsp3) is 0.200. The molecule has 0 saturated carbocycles. The monoisotopic (exact) mass is 354 g/mol. The van der Waals surface area contributed by atoms with E-state index in [1.807, 2.05) is 31.2 Å². The Bertz CT molecular complexity index is 885. The van der Waals surface area contributed by atoms with E-state index in [1.165, 1.54) is 0 Å². The van der Waals surface area contributed by atoms with Crippen LogP contribution < -0.4 is 4.74 Å². The molecule has 0 atom stereocenters. The lowest BCUT2D eigenvalue weighted by Gasteiger charge is -2.09. The van der Waals surface area contributed by atoms with Crippen molar-refractivity contribution in [2.45, 2.75) is 26.7 Å². The number of ether oxygens (including phenoxy) is 1. The van der Waals surface area contributed by atoms with Crippen LogP contribution in [0.15, 0.2) is 54.6 Å². The van der Waals surface area contributed by atoms with Gasteiger partial charge >= 0.3 is 5.97 Å². The van der Waals surface area contributed by atoms with Gasteiger partial charge in [-0.1, -0.05) is 54.8 Å². The Morgan fingerprint density at radius 2 is 1.88 bits per heavy atom. The molecule has 0 aliphatic rings. The van der Waals surface area contributed by atoms with Crippen molar-refractivity contribution in [2.75, 3.05) is 0 Å². The maximum atomic E-state index is 12.5. The molecule has 0 fully saturated rings. The van der Waals surface area contributed by atoms with Crippen LogP contribution in [0, 0.1) is 6.92 Å². The van der Waals surface area contributed by atoms with Crippen LogP contribution in [-0.4, -0.2) is 15.7 Å². The molecule has 0 bridgehead atoms. The zero-order valence-corrected chi connectivity index (χ0v) is 15.0. The third-order valence-electron chi connectivity index (χ3n) is 3.80. The molecular formula is C20H19ClN2O2. The molecule has 128 valence electrons. The Labute approximate surface area is 152 Å².